The molecule has 4 nitrogen and oxygen atoms in total. The molecule has 0 saturated carbocycles. The van der Waals surface area contributed by atoms with Gasteiger partial charge in [0.25, 0.3) is 5.56 Å². The molecule has 3 rings (SSSR count). The van der Waals surface area contributed by atoms with Crippen molar-refractivity contribution < 1.29 is 8.78 Å². The maximum Gasteiger partial charge on any atom is 0.266 e. The highest BCUT2D eigenvalue weighted by atomic mass is 19.1. The Balaban J connectivity index is 2.43. The summed E-state index contributed by atoms with van der Waals surface area (Å²) in [5.74, 6) is -1.30. The molecule has 1 aromatic heterocycles. The number of para-hydroxylation sites is 1. The molecule has 0 fully saturated rings. The zero-order valence-corrected chi connectivity index (χ0v) is 11.8. The van der Waals surface area contributed by atoms with E-state index in [4.69, 9.17) is 5.73 Å². The number of nitrogens with two attached hydrogens (primary N) is 1. The molecule has 0 aliphatic rings. The summed E-state index contributed by atoms with van der Waals surface area (Å²) in [7, 11) is 0. The van der Waals surface area contributed by atoms with Crippen LogP contribution >= 0.6 is 0 Å². The predicted molar refractivity (Wildman–Crippen MR) is 79.9 cm³/mol. The molecule has 112 valence electrons. The summed E-state index contributed by atoms with van der Waals surface area (Å²) in [5.41, 5.74) is 6.02. The SMILES string of the molecule is C[C@H](N)c1nc2ccccc2c(=O)n1-c1cc(F)cc(F)c1. The molecule has 22 heavy (non-hydrogen) atoms. The van der Waals surface area contributed by atoms with E-state index in [9.17, 15) is 13.6 Å². The number of rotatable bonds is 2. The first-order valence-corrected chi connectivity index (χ1v) is 6.71. The summed E-state index contributed by atoms with van der Waals surface area (Å²) in [6, 6.07) is 9.08. The molecule has 0 unspecified atom stereocenters. The quantitative estimate of drug-likeness (QED) is 0.791. The number of halogens is 2. The van der Waals surface area contributed by atoms with Crippen molar-refractivity contribution in [2.45, 2.75) is 13.0 Å². The van der Waals surface area contributed by atoms with E-state index in [-0.39, 0.29) is 11.5 Å². The highest BCUT2D eigenvalue weighted by molar-refractivity contribution is 5.77. The van der Waals surface area contributed by atoms with Gasteiger partial charge in [0.2, 0.25) is 0 Å². The van der Waals surface area contributed by atoms with E-state index in [1.54, 1.807) is 31.2 Å². The van der Waals surface area contributed by atoms with Crippen LogP contribution in [-0.2, 0) is 0 Å². The van der Waals surface area contributed by atoms with Crippen LogP contribution in [0.2, 0.25) is 0 Å². The first-order chi connectivity index (χ1) is 10.5. The molecular weight excluding hydrogens is 288 g/mol. The largest absolute Gasteiger partial charge is 0.322 e. The standard InChI is InChI=1S/C16H13F2N3O/c1-9(19)15-20-14-5-3-2-4-13(14)16(22)21(15)12-7-10(17)6-11(18)8-12/h2-9H,19H2,1H3/t9-/m0/s1. The summed E-state index contributed by atoms with van der Waals surface area (Å²) >= 11 is 0. The van der Waals surface area contributed by atoms with E-state index < -0.39 is 23.2 Å². The third kappa shape index (κ3) is 2.37. The molecule has 0 bridgehead atoms. The van der Waals surface area contributed by atoms with E-state index in [0.29, 0.717) is 10.9 Å². The predicted octanol–water partition coefficient (Wildman–Crippen LogP) is 2.68. The zero-order chi connectivity index (χ0) is 15.9. The Kier molecular flexibility index (Phi) is 3.46. The van der Waals surface area contributed by atoms with Gasteiger partial charge in [0, 0.05) is 6.07 Å². The van der Waals surface area contributed by atoms with E-state index in [0.717, 1.165) is 22.8 Å². The van der Waals surface area contributed by atoms with Gasteiger partial charge in [-0.15, -0.1) is 0 Å². The van der Waals surface area contributed by atoms with Crippen molar-refractivity contribution in [1.82, 2.24) is 9.55 Å². The van der Waals surface area contributed by atoms with Gasteiger partial charge in [0.1, 0.15) is 17.5 Å². The van der Waals surface area contributed by atoms with Crippen LogP contribution in [0.1, 0.15) is 18.8 Å². The molecule has 3 aromatic rings. The Labute approximate surface area is 124 Å². The van der Waals surface area contributed by atoms with E-state index in [1.807, 2.05) is 0 Å². The van der Waals surface area contributed by atoms with Gasteiger partial charge in [-0.05, 0) is 31.2 Å². The van der Waals surface area contributed by atoms with Gasteiger partial charge in [0.15, 0.2) is 0 Å². The Morgan fingerprint density at radius 2 is 1.77 bits per heavy atom. The Morgan fingerprint density at radius 1 is 1.14 bits per heavy atom. The van der Waals surface area contributed by atoms with Crippen LogP contribution in [0.4, 0.5) is 8.78 Å². The minimum Gasteiger partial charge on any atom is -0.322 e. The third-order valence-corrected chi connectivity index (χ3v) is 3.31. The Bertz CT molecular complexity index is 899. The van der Waals surface area contributed by atoms with E-state index in [2.05, 4.69) is 4.98 Å². The van der Waals surface area contributed by atoms with Crippen molar-refractivity contribution in [2.75, 3.05) is 0 Å². The first kappa shape index (κ1) is 14.3. The van der Waals surface area contributed by atoms with Crippen molar-refractivity contribution in [3.05, 3.63) is 70.3 Å². The first-order valence-electron chi connectivity index (χ1n) is 6.71. The lowest BCUT2D eigenvalue weighted by molar-refractivity contribution is 0.579. The van der Waals surface area contributed by atoms with Gasteiger partial charge in [-0.1, -0.05) is 12.1 Å². The molecular formula is C16H13F2N3O. The average Bonchev–Trinajstić information content (AvgIpc) is 2.46. The summed E-state index contributed by atoms with van der Waals surface area (Å²) < 4.78 is 28.1. The molecule has 0 radical (unpaired) electrons. The van der Waals surface area contributed by atoms with Crippen molar-refractivity contribution in [3.8, 4) is 5.69 Å². The van der Waals surface area contributed by atoms with Crippen molar-refractivity contribution in [1.29, 1.82) is 0 Å². The van der Waals surface area contributed by atoms with Crippen LogP contribution < -0.4 is 11.3 Å². The highest BCUT2D eigenvalue weighted by Crippen LogP contribution is 2.18. The van der Waals surface area contributed by atoms with Crippen LogP contribution in [0.3, 0.4) is 0 Å². The van der Waals surface area contributed by atoms with Gasteiger partial charge >= 0.3 is 0 Å². The second kappa shape index (κ2) is 5.31. The Morgan fingerprint density at radius 3 is 2.41 bits per heavy atom. The smallest absolute Gasteiger partial charge is 0.266 e. The third-order valence-electron chi connectivity index (χ3n) is 3.31. The molecule has 2 aromatic carbocycles. The van der Waals surface area contributed by atoms with Gasteiger partial charge in [-0.2, -0.15) is 0 Å². The van der Waals surface area contributed by atoms with Gasteiger partial charge in [-0.25, -0.2) is 13.8 Å². The van der Waals surface area contributed by atoms with E-state index >= 15 is 0 Å². The van der Waals surface area contributed by atoms with E-state index in [1.165, 1.54) is 0 Å². The molecule has 2 N–H and O–H groups in total. The van der Waals surface area contributed by atoms with Crippen LogP contribution in [0.5, 0.6) is 0 Å². The minimum absolute atomic E-state index is 0.0630. The normalized spacial score (nSPS) is 12.5. The minimum atomic E-state index is -0.773. The van der Waals surface area contributed by atoms with Crippen molar-refractivity contribution in [2.24, 2.45) is 5.73 Å². The molecule has 1 atom stereocenters. The van der Waals surface area contributed by atoms with Gasteiger partial charge in [0.05, 0.1) is 22.6 Å². The fraction of sp³-hybridized carbons (Fsp3) is 0.125. The fourth-order valence-corrected chi connectivity index (χ4v) is 2.37. The summed E-state index contributed by atoms with van der Waals surface area (Å²) in [4.78, 5) is 17.1. The summed E-state index contributed by atoms with van der Waals surface area (Å²) in [6.07, 6.45) is 0. The van der Waals surface area contributed by atoms with Crippen molar-refractivity contribution >= 4 is 10.9 Å². The second-order valence-electron chi connectivity index (χ2n) is 5.04. The number of hydrogen-bond donors (Lipinski definition) is 1. The van der Waals surface area contributed by atoms with Crippen LogP contribution in [0.15, 0.2) is 47.3 Å². The molecule has 6 heteroatoms. The number of nitrogens with zero attached hydrogens (tertiary/aromatic N) is 2. The monoisotopic (exact) mass is 301 g/mol. The number of aromatic nitrogens is 2. The lowest BCUT2D eigenvalue weighted by Gasteiger charge is -2.16. The maximum atomic E-state index is 13.5. The topological polar surface area (TPSA) is 60.9 Å². The van der Waals surface area contributed by atoms with Crippen LogP contribution in [-0.4, -0.2) is 9.55 Å². The molecule has 0 saturated heterocycles. The average molecular weight is 301 g/mol. The fourth-order valence-electron chi connectivity index (χ4n) is 2.37. The Hall–Kier alpha value is -2.60. The van der Waals surface area contributed by atoms with Crippen LogP contribution in [0, 0.1) is 11.6 Å². The number of hydrogen-bond acceptors (Lipinski definition) is 3. The van der Waals surface area contributed by atoms with Gasteiger partial charge < -0.3 is 5.73 Å². The highest BCUT2D eigenvalue weighted by Gasteiger charge is 2.16. The number of fused-ring (bicyclic) bond motifs is 1. The van der Waals surface area contributed by atoms with Gasteiger partial charge in [-0.3, -0.25) is 9.36 Å². The number of benzene rings is 2. The zero-order valence-electron chi connectivity index (χ0n) is 11.8. The molecule has 0 spiro atoms. The molecule has 0 amide bonds. The van der Waals surface area contributed by atoms with Crippen LogP contribution in [0.25, 0.3) is 16.6 Å². The second-order valence-corrected chi connectivity index (χ2v) is 5.04. The lowest BCUT2D eigenvalue weighted by Crippen LogP contribution is -2.27. The van der Waals surface area contributed by atoms with Crippen molar-refractivity contribution in [3.63, 3.8) is 0 Å². The molecule has 0 aliphatic heterocycles. The lowest BCUT2D eigenvalue weighted by atomic mass is 10.2. The molecule has 1 heterocycles. The maximum absolute atomic E-state index is 13.5. The summed E-state index contributed by atoms with van der Waals surface area (Å²) in [5, 5.41) is 0.358. The summed E-state index contributed by atoms with van der Waals surface area (Å²) in [6.45, 7) is 1.66. The molecule has 0 aliphatic carbocycles.